The maximum absolute atomic E-state index is 13.2. The number of amides is 2. The number of ether oxygens (including phenoxy) is 1. The molecule has 1 N–H and O–H groups in total. The second-order valence-corrected chi connectivity index (χ2v) is 13.1. The molecule has 3 fully saturated rings. The monoisotopic (exact) mass is 587 g/mol. The van der Waals surface area contributed by atoms with Crippen molar-refractivity contribution in [2.24, 2.45) is 11.3 Å². The summed E-state index contributed by atoms with van der Waals surface area (Å²) in [6.45, 7) is 7.17. The Morgan fingerprint density at radius 1 is 1.16 bits per heavy atom. The number of piperidine rings is 1. The van der Waals surface area contributed by atoms with E-state index in [4.69, 9.17) is 4.74 Å². The van der Waals surface area contributed by atoms with Gasteiger partial charge in [-0.1, -0.05) is 0 Å². The number of aromatic nitrogens is 2. The standard InChI is InChI=1S/C32H41N7O4/c1-33-29(41)4-3-24(20-40)39-18-23-13-27-28(14-26(23)30(39)42)43-21-25-19-36(11-12-38(25)27)17-22-15-32(16-22)5-9-37(10-6-32)31-34-7-2-8-35-31/h2,7-8,13-14,20,22,24-25H,3-6,9-12,15-19,21H2,1H3,(H,33,41). The number of nitrogens with zero attached hydrogens (tertiary/aromatic N) is 6. The van der Waals surface area contributed by atoms with Crippen LogP contribution in [0, 0.1) is 11.3 Å². The fourth-order valence-electron chi connectivity index (χ4n) is 8.10. The van der Waals surface area contributed by atoms with Gasteiger partial charge >= 0.3 is 0 Å². The molecular formula is C32H41N7O4. The van der Waals surface area contributed by atoms with Crippen LogP contribution in [0.15, 0.2) is 30.6 Å². The fourth-order valence-corrected chi connectivity index (χ4v) is 8.10. The van der Waals surface area contributed by atoms with Gasteiger partial charge in [-0.25, -0.2) is 9.97 Å². The number of fused-ring (bicyclic) bond motifs is 4. The van der Waals surface area contributed by atoms with E-state index in [-0.39, 0.29) is 24.3 Å². The largest absolute Gasteiger partial charge is 0.489 e. The molecule has 2 unspecified atom stereocenters. The zero-order valence-corrected chi connectivity index (χ0v) is 24.9. The van der Waals surface area contributed by atoms with E-state index >= 15 is 0 Å². The maximum Gasteiger partial charge on any atom is 0.255 e. The Balaban J connectivity index is 0.932. The molecule has 2 aromatic rings. The summed E-state index contributed by atoms with van der Waals surface area (Å²) >= 11 is 0. The van der Waals surface area contributed by atoms with Crippen LogP contribution in [0.4, 0.5) is 11.6 Å². The topological polar surface area (TPSA) is 111 Å². The van der Waals surface area contributed by atoms with E-state index in [1.165, 1.54) is 25.7 Å². The lowest BCUT2D eigenvalue weighted by Crippen LogP contribution is -2.59. The van der Waals surface area contributed by atoms with Crippen LogP contribution < -0.4 is 19.9 Å². The molecule has 5 aliphatic rings. The van der Waals surface area contributed by atoms with Crippen LogP contribution in [0.2, 0.25) is 0 Å². The Morgan fingerprint density at radius 2 is 1.95 bits per heavy atom. The molecule has 1 saturated carbocycles. The molecule has 11 nitrogen and oxygen atoms in total. The zero-order chi connectivity index (χ0) is 29.6. The van der Waals surface area contributed by atoms with Crippen molar-refractivity contribution in [1.29, 1.82) is 0 Å². The Morgan fingerprint density at radius 3 is 2.70 bits per heavy atom. The van der Waals surface area contributed by atoms with Crippen molar-refractivity contribution in [3.63, 3.8) is 0 Å². The van der Waals surface area contributed by atoms with Crippen molar-refractivity contribution in [2.75, 3.05) is 62.7 Å². The van der Waals surface area contributed by atoms with E-state index in [9.17, 15) is 14.4 Å². The third-order valence-corrected chi connectivity index (χ3v) is 10.4. The molecule has 2 atom stereocenters. The number of carbonyl (C=O) groups excluding carboxylic acids is 3. The van der Waals surface area contributed by atoms with Crippen LogP contribution in [0.25, 0.3) is 0 Å². The van der Waals surface area contributed by atoms with Crippen LogP contribution in [0.1, 0.15) is 54.4 Å². The summed E-state index contributed by atoms with van der Waals surface area (Å²) in [6.07, 6.45) is 10.1. The molecular weight excluding hydrogens is 546 g/mol. The maximum atomic E-state index is 13.2. The Kier molecular flexibility index (Phi) is 7.44. The van der Waals surface area contributed by atoms with Gasteiger partial charge in [-0.05, 0) is 67.2 Å². The summed E-state index contributed by atoms with van der Waals surface area (Å²) in [6, 6.07) is 5.48. The van der Waals surface area contributed by atoms with E-state index in [1.807, 2.05) is 24.5 Å². The summed E-state index contributed by atoms with van der Waals surface area (Å²) in [4.78, 5) is 54.7. The minimum absolute atomic E-state index is 0.137. The van der Waals surface area contributed by atoms with E-state index in [0.29, 0.717) is 30.6 Å². The van der Waals surface area contributed by atoms with Crippen LogP contribution in [-0.2, 0) is 16.1 Å². The second-order valence-electron chi connectivity index (χ2n) is 13.1. The lowest BCUT2D eigenvalue weighted by Gasteiger charge is -2.54. The van der Waals surface area contributed by atoms with Crippen molar-refractivity contribution < 1.29 is 19.1 Å². The van der Waals surface area contributed by atoms with E-state index in [0.717, 1.165) is 74.4 Å². The Bertz CT molecular complexity index is 1370. The number of aldehydes is 1. The third kappa shape index (κ3) is 5.32. The third-order valence-electron chi connectivity index (χ3n) is 10.4. The van der Waals surface area contributed by atoms with Crippen LogP contribution in [0.3, 0.4) is 0 Å². The summed E-state index contributed by atoms with van der Waals surface area (Å²) in [5, 5.41) is 2.58. The highest BCUT2D eigenvalue weighted by atomic mass is 16.5. The highest BCUT2D eigenvalue weighted by molar-refractivity contribution is 6.01. The summed E-state index contributed by atoms with van der Waals surface area (Å²) in [7, 11) is 1.57. The van der Waals surface area contributed by atoms with Crippen molar-refractivity contribution in [3.05, 3.63) is 41.7 Å². The molecule has 0 bridgehead atoms. The van der Waals surface area contributed by atoms with E-state index in [2.05, 4.69) is 36.1 Å². The van der Waals surface area contributed by atoms with Gasteiger partial charge in [0.1, 0.15) is 18.6 Å². The number of carbonyl (C=O) groups is 3. The minimum Gasteiger partial charge on any atom is -0.489 e. The number of hydrogen-bond acceptors (Lipinski definition) is 9. The van der Waals surface area contributed by atoms with Gasteiger partial charge in [-0.15, -0.1) is 0 Å². The molecule has 4 aliphatic heterocycles. The highest BCUT2D eigenvalue weighted by Gasteiger charge is 2.47. The van der Waals surface area contributed by atoms with Crippen molar-refractivity contribution >= 4 is 29.7 Å². The average molecular weight is 588 g/mol. The normalized spacial score (nSPS) is 23.6. The smallest absolute Gasteiger partial charge is 0.255 e. The first kappa shape index (κ1) is 28.1. The number of anilines is 2. The van der Waals surface area contributed by atoms with Gasteiger partial charge in [0.15, 0.2) is 0 Å². The molecule has 5 heterocycles. The molecule has 43 heavy (non-hydrogen) atoms. The molecule has 7 rings (SSSR count). The average Bonchev–Trinajstić information content (AvgIpc) is 3.34. The molecule has 11 heteroatoms. The summed E-state index contributed by atoms with van der Waals surface area (Å²) in [5.74, 6) is 2.07. The lowest BCUT2D eigenvalue weighted by atomic mass is 9.57. The second kappa shape index (κ2) is 11.4. The fraction of sp³-hybridized carbons (Fsp3) is 0.594. The molecule has 0 radical (unpaired) electrons. The molecule has 1 aliphatic carbocycles. The molecule has 1 aromatic heterocycles. The number of piperazine rings is 1. The molecule has 1 spiro atoms. The summed E-state index contributed by atoms with van der Waals surface area (Å²) < 4.78 is 6.24. The Hall–Kier alpha value is -3.73. The molecule has 1 aromatic carbocycles. The van der Waals surface area contributed by atoms with Gasteiger partial charge in [-0.2, -0.15) is 0 Å². The van der Waals surface area contributed by atoms with Crippen molar-refractivity contribution in [1.82, 2.24) is 25.1 Å². The van der Waals surface area contributed by atoms with Gasteiger partial charge < -0.3 is 29.5 Å². The van der Waals surface area contributed by atoms with Gasteiger partial charge in [0.25, 0.3) is 5.91 Å². The first-order chi connectivity index (χ1) is 20.9. The van der Waals surface area contributed by atoms with E-state index in [1.54, 1.807) is 11.9 Å². The van der Waals surface area contributed by atoms with Crippen LogP contribution >= 0.6 is 0 Å². The predicted molar refractivity (Wildman–Crippen MR) is 161 cm³/mol. The lowest BCUT2D eigenvalue weighted by molar-refractivity contribution is -0.121. The minimum atomic E-state index is -0.623. The summed E-state index contributed by atoms with van der Waals surface area (Å²) in [5.41, 5.74) is 3.08. The van der Waals surface area contributed by atoms with Gasteiger partial charge in [0.05, 0.1) is 17.8 Å². The SMILES string of the molecule is CNC(=O)CCC(C=O)N1Cc2cc3c(cc2C1=O)OCC1CN(CC2CC4(CCN(c5ncccn5)CC4)C2)CCN31. The number of rotatable bonds is 8. The number of benzene rings is 1. The van der Waals surface area contributed by atoms with Crippen molar-refractivity contribution in [2.45, 2.75) is 57.2 Å². The van der Waals surface area contributed by atoms with Crippen LogP contribution in [-0.4, -0.2) is 103 Å². The molecule has 2 amide bonds. The Labute approximate surface area is 252 Å². The quantitative estimate of drug-likeness (QED) is 0.464. The molecule has 2 saturated heterocycles. The molecule has 228 valence electrons. The number of hydrogen-bond donors (Lipinski definition) is 1. The highest BCUT2D eigenvalue weighted by Crippen LogP contribution is 2.53. The number of nitrogens with one attached hydrogen (secondary N) is 1. The van der Waals surface area contributed by atoms with Crippen molar-refractivity contribution in [3.8, 4) is 5.75 Å². The zero-order valence-electron chi connectivity index (χ0n) is 24.9. The van der Waals surface area contributed by atoms with Gasteiger partial charge in [0.2, 0.25) is 11.9 Å². The van der Waals surface area contributed by atoms with Gasteiger partial charge in [-0.3, -0.25) is 14.5 Å². The first-order valence-corrected chi connectivity index (χ1v) is 15.7. The van der Waals surface area contributed by atoms with Crippen LogP contribution in [0.5, 0.6) is 5.75 Å². The van der Waals surface area contributed by atoms with Gasteiger partial charge in [0, 0.05) is 77.2 Å². The first-order valence-electron chi connectivity index (χ1n) is 15.7. The van der Waals surface area contributed by atoms with E-state index < -0.39 is 6.04 Å². The predicted octanol–water partition coefficient (Wildman–Crippen LogP) is 2.11.